The molecule has 0 radical (unpaired) electrons. The number of hydrogen-bond donors (Lipinski definition) is 1. The summed E-state index contributed by atoms with van der Waals surface area (Å²) in [5.74, 6) is 0. The summed E-state index contributed by atoms with van der Waals surface area (Å²) in [6.07, 6.45) is -0.495. The van der Waals surface area contributed by atoms with Crippen molar-refractivity contribution in [3.8, 4) is 0 Å². The molecule has 3 heteroatoms. The highest BCUT2D eigenvalue weighted by Crippen LogP contribution is 2.17. The normalized spacial score (nSPS) is 12.8. The highest BCUT2D eigenvalue weighted by atomic mass is 35.5. The molecule has 1 nitrogen and oxygen atoms in total. The molecule has 0 fully saturated rings. The van der Waals surface area contributed by atoms with E-state index in [1.165, 1.54) is 0 Å². The van der Waals surface area contributed by atoms with Crippen LogP contribution in [-0.2, 0) is 6.42 Å². The Labute approximate surface area is 82.9 Å². The molecule has 0 aromatic heterocycles. The molecule has 0 saturated carbocycles. The average molecular weight is 202 g/mol. The van der Waals surface area contributed by atoms with Gasteiger partial charge in [0.25, 0.3) is 0 Å². The monoisotopic (exact) mass is 201 g/mol. The Morgan fingerprint density at radius 2 is 2.15 bits per heavy atom. The second-order valence-electron chi connectivity index (χ2n) is 2.95. The topological polar surface area (TPSA) is 12.0 Å². The lowest BCUT2D eigenvalue weighted by molar-refractivity contribution is 0.324. The van der Waals surface area contributed by atoms with Gasteiger partial charge in [-0.05, 0) is 18.7 Å². The lowest BCUT2D eigenvalue weighted by Gasteiger charge is -2.08. The van der Waals surface area contributed by atoms with Gasteiger partial charge in [-0.2, -0.15) is 0 Å². The van der Waals surface area contributed by atoms with Gasteiger partial charge >= 0.3 is 0 Å². The van der Waals surface area contributed by atoms with Crippen LogP contribution in [0.3, 0.4) is 0 Å². The Kier molecular flexibility index (Phi) is 4.19. The third-order valence-corrected chi connectivity index (χ3v) is 2.19. The van der Waals surface area contributed by atoms with E-state index in [1.54, 1.807) is 13.1 Å². The predicted molar refractivity (Wildman–Crippen MR) is 54.0 cm³/mol. The molecule has 0 spiro atoms. The van der Waals surface area contributed by atoms with Gasteiger partial charge < -0.3 is 5.32 Å². The van der Waals surface area contributed by atoms with Crippen molar-refractivity contribution < 1.29 is 4.39 Å². The molecule has 1 rings (SSSR count). The fourth-order valence-corrected chi connectivity index (χ4v) is 1.41. The molecular weight excluding hydrogens is 189 g/mol. The molecule has 0 bridgehead atoms. The number of hydrogen-bond acceptors (Lipinski definition) is 1. The Hall–Kier alpha value is -0.600. The van der Waals surface area contributed by atoms with E-state index in [2.05, 4.69) is 5.32 Å². The summed E-state index contributed by atoms with van der Waals surface area (Å²) in [6.45, 7) is 0.366. The maximum atomic E-state index is 13.1. The fourth-order valence-electron chi connectivity index (χ4n) is 1.20. The second kappa shape index (κ2) is 5.20. The van der Waals surface area contributed by atoms with Crippen LogP contribution in [0.4, 0.5) is 4.39 Å². The van der Waals surface area contributed by atoms with Gasteiger partial charge in [-0.15, -0.1) is 0 Å². The molecule has 0 aliphatic rings. The zero-order valence-electron chi connectivity index (χ0n) is 7.56. The lowest BCUT2D eigenvalue weighted by Crippen LogP contribution is -2.21. The molecule has 72 valence electrons. The third kappa shape index (κ3) is 3.33. The highest BCUT2D eigenvalue weighted by molar-refractivity contribution is 6.31. The molecule has 0 aliphatic carbocycles. The van der Waals surface area contributed by atoms with E-state index in [4.69, 9.17) is 11.6 Å². The molecule has 0 aliphatic heterocycles. The van der Waals surface area contributed by atoms with E-state index < -0.39 is 6.17 Å². The summed E-state index contributed by atoms with van der Waals surface area (Å²) < 4.78 is 13.1. The molecule has 13 heavy (non-hydrogen) atoms. The minimum absolute atomic E-state index is 0.366. The van der Waals surface area contributed by atoms with Crippen LogP contribution in [0, 0.1) is 0 Å². The van der Waals surface area contributed by atoms with E-state index in [0.29, 0.717) is 18.0 Å². The minimum atomic E-state index is -0.870. The molecule has 0 amide bonds. The van der Waals surface area contributed by atoms with Crippen molar-refractivity contribution in [2.75, 3.05) is 13.6 Å². The largest absolute Gasteiger partial charge is 0.317 e. The van der Waals surface area contributed by atoms with Crippen molar-refractivity contribution in [2.45, 2.75) is 12.6 Å². The summed E-state index contributed by atoms with van der Waals surface area (Å²) in [6, 6.07) is 7.35. The summed E-state index contributed by atoms with van der Waals surface area (Å²) in [5, 5.41) is 3.43. The van der Waals surface area contributed by atoms with Gasteiger partial charge in [0, 0.05) is 18.0 Å². The number of nitrogens with one attached hydrogen (secondary N) is 1. The van der Waals surface area contributed by atoms with Crippen LogP contribution in [0.1, 0.15) is 5.56 Å². The summed E-state index contributed by atoms with van der Waals surface area (Å²) in [4.78, 5) is 0. The number of rotatable bonds is 4. The Morgan fingerprint density at radius 3 is 2.77 bits per heavy atom. The maximum Gasteiger partial charge on any atom is 0.117 e. The SMILES string of the molecule is CNC[C@H](F)Cc1ccccc1Cl. The van der Waals surface area contributed by atoms with Crippen LogP contribution >= 0.6 is 11.6 Å². The van der Waals surface area contributed by atoms with Crippen LogP contribution in [-0.4, -0.2) is 19.8 Å². The first-order valence-electron chi connectivity index (χ1n) is 4.26. The first kappa shape index (κ1) is 10.5. The van der Waals surface area contributed by atoms with Crippen molar-refractivity contribution in [3.63, 3.8) is 0 Å². The van der Waals surface area contributed by atoms with Crippen LogP contribution < -0.4 is 5.32 Å². The second-order valence-corrected chi connectivity index (χ2v) is 3.36. The molecule has 1 atom stereocenters. The summed E-state index contributed by atoms with van der Waals surface area (Å²) in [7, 11) is 1.74. The molecule has 0 unspecified atom stereocenters. The van der Waals surface area contributed by atoms with E-state index >= 15 is 0 Å². The van der Waals surface area contributed by atoms with E-state index in [-0.39, 0.29) is 0 Å². The maximum absolute atomic E-state index is 13.1. The van der Waals surface area contributed by atoms with Crippen LogP contribution in [0.15, 0.2) is 24.3 Å². The Bertz CT molecular complexity index is 265. The van der Waals surface area contributed by atoms with E-state index in [1.807, 2.05) is 18.2 Å². The van der Waals surface area contributed by atoms with Crippen molar-refractivity contribution in [1.82, 2.24) is 5.32 Å². The highest BCUT2D eigenvalue weighted by Gasteiger charge is 2.08. The third-order valence-electron chi connectivity index (χ3n) is 1.82. The van der Waals surface area contributed by atoms with Crippen LogP contribution in [0.25, 0.3) is 0 Å². The lowest BCUT2D eigenvalue weighted by atomic mass is 10.1. The van der Waals surface area contributed by atoms with Gasteiger partial charge in [0.1, 0.15) is 6.17 Å². The zero-order chi connectivity index (χ0) is 9.68. The quantitative estimate of drug-likeness (QED) is 0.789. The number of benzene rings is 1. The molecule has 0 saturated heterocycles. The number of alkyl halides is 1. The first-order valence-corrected chi connectivity index (χ1v) is 4.64. The Balaban J connectivity index is 2.58. The average Bonchev–Trinajstić information content (AvgIpc) is 2.09. The van der Waals surface area contributed by atoms with Gasteiger partial charge in [-0.1, -0.05) is 29.8 Å². The first-order chi connectivity index (χ1) is 6.24. The summed E-state index contributed by atoms with van der Waals surface area (Å²) in [5.41, 5.74) is 0.868. The standard InChI is InChI=1S/C10H13ClFN/c1-13-7-9(12)6-8-4-2-3-5-10(8)11/h2-5,9,13H,6-7H2,1H3/t9-/m1/s1. The van der Waals surface area contributed by atoms with E-state index in [0.717, 1.165) is 5.56 Å². The summed E-state index contributed by atoms with van der Waals surface area (Å²) >= 11 is 5.88. The number of halogens is 2. The van der Waals surface area contributed by atoms with Gasteiger partial charge in [-0.25, -0.2) is 4.39 Å². The van der Waals surface area contributed by atoms with Gasteiger partial charge in [0.15, 0.2) is 0 Å². The predicted octanol–water partition coefficient (Wildman–Crippen LogP) is 2.44. The van der Waals surface area contributed by atoms with Crippen molar-refractivity contribution in [2.24, 2.45) is 0 Å². The Morgan fingerprint density at radius 1 is 1.46 bits per heavy atom. The molecule has 1 aromatic carbocycles. The smallest absolute Gasteiger partial charge is 0.117 e. The van der Waals surface area contributed by atoms with Gasteiger partial charge in [0.05, 0.1) is 0 Å². The van der Waals surface area contributed by atoms with Crippen molar-refractivity contribution in [3.05, 3.63) is 34.9 Å². The molecular formula is C10H13ClFN. The molecule has 1 N–H and O–H groups in total. The van der Waals surface area contributed by atoms with Gasteiger partial charge in [-0.3, -0.25) is 0 Å². The minimum Gasteiger partial charge on any atom is -0.317 e. The molecule has 0 heterocycles. The van der Waals surface area contributed by atoms with Crippen molar-refractivity contribution in [1.29, 1.82) is 0 Å². The van der Waals surface area contributed by atoms with E-state index in [9.17, 15) is 4.39 Å². The fraction of sp³-hybridized carbons (Fsp3) is 0.400. The molecule has 1 aromatic rings. The van der Waals surface area contributed by atoms with Crippen LogP contribution in [0.5, 0.6) is 0 Å². The van der Waals surface area contributed by atoms with Crippen molar-refractivity contribution >= 4 is 11.6 Å². The zero-order valence-corrected chi connectivity index (χ0v) is 8.31. The van der Waals surface area contributed by atoms with Crippen LogP contribution in [0.2, 0.25) is 5.02 Å². The van der Waals surface area contributed by atoms with Gasteiger partial charge in [0.2, 0.25) is 0 Å².